The summed E-state index contributed by atoms with van der Waals surface area (Å²) >= 11 is 7.36. The number of aliphatic hydroxyl groups excluding tert-OH is 1. The van der Waals surface area contributed by atoms with E-state index in [1.165, 1.54) is 11.8 Å². The summed E-state index contributed by atoms with van der Waals surface area (Å²) in [4.78, 5) is 0.939. The van der Waals surface area contributed by atoms with Crippen LogP contribution in [-0.4, -0.2) is 10.9 Å². The Balaban J connectivity index is 1.99. The lowest BCUT2D eigenvalue weighted by Gasteiger charge is -2.11. The van der Waals surface area contributed by atoms with Crippen LogP contribution in [0.5, 0.6) is 0 Å². The Morgan fingerprint density at radius 1 is 1.17 bits per heavy atom. The highest BCUT2D eigenvalue weighted by atomic mass is 35.5. The van der Waals surface area contributed by atoms with Gasteiger partial charge in [0.1, 0.15) is 0 Å². The zero-order valence-electron chi connectivity index (χ0n) is 9.71. The lowest BCUT2D eigenvalue weighted by molar-refractivity contribution is 0.204. The molecule has 0 aliphatic heterocycles. The maximum atomic E-state index is 10.0. The number of anilines is 1. The van der Waals surface area contributed by atoms with Gasteiger partial charge in [0.05, 0.1) is 6.10 Å². The fraction of sp³-hybridized carbons (Fsp3) is 0.143. The quantitative estimate of drug-likeness (QED) is 0.662. The van der Waals surface area contributed by atoms with Gasteiger partial charge in [-0.25, -0.2) is 0 Å². The molecule has 1 unspecified atom stereocenters. The zero-order chi connectivity index (χ0) is 13.0. The molecule has 3 N–H and O–H groups in total. The monoisotopic (exact) mass is 279 g/mol. The number of nitrogen functional groups attached to an aromatic ring is 1. The molecule has 2 aromatic rings. The topological polar surface area (TPSA) is 46.2 Å². The minimum absolute atomic E-state index is 0.494. The highest BCUT2D eigenvalue weighted by Gasteiger charge is 2.09. The van der Waals surface area contributed by atoms with Crippen molar-refractivity contribution in [2.75, 3.05) is 11.5 Å². The van der Waals surface area contributed by atoms with Crippen LogP contribution >= 0.6 is 23.4 Å². The van der Waals surface area contributed by atoms with Crippen molar-refractivity contribution in [2.24, 2.45) is 0 Å². The molecule has 0 spiro atoms. The SMILES string of the molecule is Nc1cc(Cl)ccc1SCC(O)c1ccccc1. The molecule has 18 heavy (non-hydrogen) atoms. The van der Waals surface area contributed by atoms with Crippen molar-refractivity contribution >= 4 is 29.1 Å². The van der Waals surface area contributed by atoms with Crippen LogP contribution in [0.2, 0.25) is 5.02 Å². The molecule has 0 radical (unpaired) electrons. The van der Waals surface area contributed by atoms with Crippen molar-refractivity contribution in [3.8, 4) is 0 Å². The third-order valence-electron chi connectivity index (χ3n) is 2.55. The minimum Gasteiger partial charge on any atom is -0.398 e. The number of rotatable bonds is 4. The lowest BCUT2D eigenvalue weighted by atomic mass is 10.1. The average Bonchev–Trinajstić information content (AvgIpc) is 2.38. The van der Waals surface area contributed by atoms with Crippen LogP contribution in [0.25, 0.3) is 0 Å². The number of halogens is 1. The normalized spacial score (nSPS) is 12.3. The van der Waals surface area contributed by atoms with E-state index in [2.05, 4.69) is 0 Å². The van der Waals surface area contributed by atoms with E-state index in [-0.39, 0.29) is 0 Å². The molecule has 1 atom stereocenters. The summed E-state index contributed by atoms with van der Waals surface area (Å²) in [6.45, 7) is 0. The van der Waals surface area contributed by atoms with Crippen LogP contribution in [-0.2, 0) is 0 Å². The molecule has 0 aliphatic carbocycles. The van der Waals surface area contributed by atoms with E-state index in [9.17, 15) is 5.11 Å². The summed E-state index contributed by atoms with van der Waals surface area (Å²) < 4.78 is 0. The Hall–Kier alpha value is -1.16. The van der Waals surface area contributed by atoms with E-state index in [1.54, 1.807) is 12.1 Å². The van der Waals surface area contributed by atoms with Crippen molar-refractivity contribution in [1.82, 2.24) is 0 Å². The number of hydrogen-bond donors (Lipinski definition) is 2. The molecule has 2 rings (SSSR count). The van der Waals surface area contributed by atoms with Crippen LogP contribution in [0, 0.1) is 0 Å². The number of benzene rings is 2. The molecule has 2 nitrogen and oxygen atoms in total. The van der Waals surface area contributed by atoms with Gasteiger partial charge in [-0.2, -0.15) is 0 Å². The Morgan fingerprint density at radius 2 is 1.89 bits per heavy atom. The molecule has 0 fully saturated rings. The number of hydrogen-bond acceptors (Lipinski definition) is 3. The molecule has 0 aliphatic rings. The number of nitrogens with two attached hydrogens (primary N) is 1. The van der Waals surface area contributed by atoms with Gasteiger partial charge in [-0.3, -0.25) is 0 Å². The molecule has 94 valence electrons. The van der Waals surface area contributed by atoms with Crippen LogP contribution < -0.4 is 5.73 Å². The molecular formula is C14H14ClNOS. The van der Waals surface area contributed by atoms with Crippen LogP contribution in [0.4, 0.5) is 5.69 Å². The standard InChI is InChI=1S/C14H14ClNOS/c15-11-6-7-14(12(16)8-11)18-9-13(17)10-4-2-1-3-5-10/h1-8,13,17H,9,16H2. The predicted octanol–water partition coefficient (Wildman–Crippen LogP) is 3.75. The van der Waals surface area contributed by atoms with Gasteiger partial charge < -0.3 is 10.8 Å². The summed E-state index contributed by atoms with van der Waals surface area (Å²) in [6, 6.07) is 15.0. The average molecular weight is 280 g/mol. The summed E-state index contributed by atoms with van der Waals surface area (Å²) in [5, 5.41) is 10.7. The first kappa shape index (κ1) is 13.3. The largest absolute Gasteiger partial charge is 0.398 e. The van der Waals surface area contributed by atoms with Gasteiger partial charge in [0.15, 0.2) is 0 Å². The summed E-state index contributed by atoms with van der Waals surface area (Å²) in [7, 11) is 0. The minimum atomic E-state index is -0.494. The molecule has 0 heterocycles. The van der Waals surface area contributed by atoms with Crippen molar-refractivity contribution < 1.29 is 5.11 Å². The van der Waals surface area contributed by atoms with E-state index in [0.29, 0.717) is 16.5 Å². The summed E-state index contributed by atoms with van der Waals surface area (Å²) in [6.07, 6.45) is -0.494. The Kier molecular flexibility index (Phi) is 4.53. The van der Waals surface area contributed by atoms with Gasteiger partial charge in [0, 0.05) is 21.4 Å². The highest BCUT2D eigenvalue weighted by molar-refractivity contribution is 7.99. The predicted molar refractivity (Wildman–Crippen MR) is 78.0 cm³/mol. The van der Waals surface area contributed by atoms with Gasteiger partial charge in [0.2, 0.25) is 0 Å². The molecule has 0 bridgehead atoms. The third-order valence-corrected chi connectivity index (χ3v) is 3.95. The first-order valence-corrected chi connectivity index (χ1v) is 6.94. The van der Waals surface area contributed by atoms with E-state index >= 15 is 0 Å². The van der Waals surface area contributed by atoms with Crippen molar-refractivity contribution in [3.05, 3.63) is 59.1 Å². The van der Waals surface area contributed by atoms with Crippen molar-refractivity contribution in [1.29, 1.82) is 0 Å². The maximum absolute atomic E-state index is 10.0. The van der Waals surface area contributed by atoms with Crippen LogP contribution in [0.15, 0.2) is 53.4 Å². The Morgan fingerprint density at radius 3 is 2.56 bits per heavy atom. The molecular weight excluding hydrogens is 266 g/mol. The van der Waals surface area contributed by atoms with Gasteiger partial charge in [-0.15, -0.1) is 11.8 Å². The molecule has 0 amide bonds. The van der Waals surface area contributed by atoms with E-state index in [4.69, 9.17) is 17.3 Å². The second-order valence-electron chi connectivity index (χ2n) is 3.92. The number of thioether (sulfide) groups is 1. The maximum Gasteiger partial charge on any atom is 0.0883 e. The first-order valence-electron chi connectivity index (χ1n) is 5.57. The Labute approximate surface area is 116 Å². The van der Waals surface area contributed by atoms with Gasteiger partial charge in [-0.1, -0.05) is 41.9 Å². The van der Waals surface area contributed by atoms with E-state index in [0.717, 1.165) is 10.5 Å². The number of aliphatic hydroxyl groups is 1. The Bertz CT molecular complexity index is 518. The third kappa shape index (κ3) is 3.42. The fourth-order valence-electron chi connectivity index (χ4n) is 1.59. The van der Waals surface area contributed by atoms with Crippen molar-refractivity contribution in [3.63, 3.8) is 0 Å². The second kappa shape index (κ2) is 6.14. The molecule has 0 aromatic heterocycles. The first-order chi connectivity index (χ1) is 8.66. The van der Waals surface area contributed by atoms with Gasteiger partial charge >= 0.3 is 0 Å². The van der Waals surface area contributed by atoms with Gasteiger partial charge in [0.25, 0.3) is 0 Å². The fourth-order valence-corrected chi connectivity index (χ4v) is 2.69. The second-order valence-corrected chi connectivity index (χ2v) is 5.42. The summed E-state index contributed by atoms with van der Waals surface area (Å²) in [5.74, 6) is 0.565. The van der Waals surface area contributed by atoms with Crippen molar-refractivity contribution in [2.45, 2.75) is 11.0 Å². The van der Waals surface area contributed by atoms with Crippen LogP contribution in [0.3, 0.4) is 0 Å². The molecule has 4 heteroatoms. The van der Waals surface area contributed by atoms with Gasteiger partial charge in [-0.05, 0) is 23.8 Å². The highest BCUT2D eigenvalue weighted by Crippen LogP contribution is 2.30. The van der Waals surface area contributed by atoms with Crippen LogP contribution in [0.1, 0.15) is 11.7 Å². The summed E-state index contributed by atoms with van der Waals surface area (Å²) in [5.41, 5.74) is 7.42. The smallest absolute Gasteiger partial charge is 0.0883 e. The molecule has 0 saturated carbocycles. The molecule has 0 saturated heterocycles. The zero-order valence-corrected chi connectivity index (χ0v) is 11.3. The van der Waals surface area contributed by atoms with E-state index < -0.39 is 6.10 Å². The lowest BCUT2D eigenvalue weighted by Crippen LogP contribution is -2.00. The molecule has 2 aromatic carbocycles. The van der Waals surface area contributed by atoms with E-state index in [1.807, 2.05) is 36.4 Å².